The first-order chi connectivity index (χ1) is 14.3. The molecular weight excluding hydrogens is 350 g/mol. The zero-order chi connectivity index (χ0) is 20.1. The SMILES string of the molecule is CCCC1CCC(C2CCC(c3ccc(-c4ccc(C#N)cc4)cc3)CC2)CC1. The van der Waals surface area contributed by atoms with Crippen molar-refractivity contribution in [2.24, 2.45) is 17.8 Å². The lowest BCUT2D eigenvalue weighted by molar-refractivity contribution is 0.156. The first-order valence-electron chi connectivity index (χ1n) is 11.9. The molecule has 0 spiro atoms. The molecule has 2 aromatic rings. The first-order valence-corrected chi connectivity index (χ1v) is 11.9. The molecule has 2 aliphatic rings. The minimum atomic E-state index is 0.723. The Morgan fingerprint density at radius 3 is 1.76 bits per heavy atom. The van der Waals surface area contributed by atoms with Crippen molar-refractivity contribution >= 4 is 0 Å². The molecule has 0 unspecified atom stereocenters. The lowest BCUT2D eigenvalue weighted by Gasteiger charge is -2.38. The molecule has 1 nitrogen and oxygen atoms in total. The van der Waals surface area contributed by atoms with Crippen molar-refractivity contribution in [3.63, 3.8) is 0 Å². The van der Waals surface area contributed by atoms with Gasteiger partial charge in [-0.3, -0.25) is 0 Å². The fourth-order valence-corrected chi connectivity index (χ4v) is 5.97. The van der Waals surface area contributed by atoms with Crippen LogP contribution in [0.15, 0.2) is 48.5 Å². The summed E-state index contributed by atoms with van der Waals surface area (Å²) in [5.74, 6) is 3.79. The fourth-order valence-electron chi connectivity index (χ4n) is 5.97. The molecule has 2 fully saturated rings. The third-order valence-electron chi connectivity index (χ3n) is 7.76. The summed E-state index contributed by atoms with van der Waals surface area (Å²) in [6.45, 7) is 2.34. The number of rotatable bonds is 5. The van der Waals surface area contributed by atoms with Crippen LogP contribution in [0.25, 0.3) is 11.1 Å². The Morgan fingerprint density at radius 2 is 1.24 bits per heavy atom. The van der Waals surface area contributed by atoms with Gasteiger partial charge in [0.1, 0.15) is 0 Å². The summed E-state index contributed by atoms with van der Waals surface area (Å²) in [5.41, 5.74) is 4.68. The quantitative estimate of drug-likeness (QED) is 0.510. The average Bonchev–Trinajstić information content (AvgIpc) is 2.80. The van der Waals surface area contributed by atoms with E-state index < -0.39 is 0 Å². The van der Waals surface area contributed by atoms with Crippen molar-refractivity contribution in [1.82, 2.24) is 0 Å². The van der Waals surface area contributed by atoms with E-state index >= 15 is 0 Å². The van der Waals surface area contributed by atoms with Crippen LogP contribution < -0.4 is 0 Å². The molecule has 2 aliphatic carbocycles. The third kappa shape index (κ3) is 4.92. The summed E-state index contributed by atoms with van der Waals surface area (Å²) in [5, 5.41) is 8.96. The Kier molecular flexibility index (Phi) is 6.70. The molecule has 29 heavy (non-hydrogen) atoms. The predicted molar refractivity (Wildman–Crippen MR) is 122 cm³/mol. The largest absolute Gasteiger partial charge is 0.192 e. The van der Waals surface area contributed by atoms with Gasteiger partial charge in [0.2, 0.25) is 0 Å². The molecule has 1 heteroatoms. The van der Waals surface area contributed by atoms with Crippen LogP contribution in [0, 0.1) is 29.1 Å². The summed E-state index contributed by atoms with van der Waals surface area (Å²) < 4.78 is 0. The molecule has 0 bridgehead atoms. The molecule has 0 saturated heterocycles. The van der Waals surface area contributed by atoms with Crippen LogP contribution in [0.5, 0.6) is 0 Å². The monoisotopic (exact) mass is 385 g/mol. The highest BCUT2D eigenvalue weighted by molar-refractivity contribution is 5.64. The molecular formula is C28H35N. The van der Waals surface area contributed by atoms with Crippen LogP contribution >= 0.6 is 0 Å². The highest BCUT2D eigenvalue weighted by atomic mass is 14.4. The van der Waals surface area contributed by atoms with Crippen molar-refractivity contribution in [2.75, 3.05) is 0 Å². The maximum absolute atomic E-state index is 8.96. The number of nitriles is 1. The number of hydrogen-bond donors (Lipinski definition) is 0. The van der Waals surface area contributed by atoms with E-state index in [1.54, 1.807) is 0 Å². The highest BCUT2D eigenvalue weighted by Gasteiger charge is 2.31. The smallest absolute Gasteiger partial charge is 0.0991 e. The standard InChI is InChI=1S/C28H35N/c1-2-3-21-4-8-23(9-5-21)25-12-16-27(17-13-25)28-18-14-26(15-19-28)24-10-6-22(20-29)7-11-24/h6-7,10-11,14-15,18-19,21,23,25,27H,2-5,8-9,12-13,16-17H2,1H3. The van der Waals surface area contributed by atoms with Gasteiger partial charge >= 0.3 is 0 Å². The zero-order valence-corrected chi connectivity index (χ0v) is 17.9. The molecule has 0 aromatic heterocycles. The van der Waals surface area contributed by atoms with Gasteiger partial charge in [-0.25, -0.2) is 0 Å². The fraction of sp³-hybridized carbons (Fsp3) is 0.536. The van der Waals surface area contributed by atoms with E-state index in [4.69, 9.17) is 5.26 Å². The normalized spacial score (nSPS) is 27.3. The minimum absolute atomic E-state index is 0.723. The molecule has 4 rings (SSSR count). The van der Waals surface area contributed by atoms with Gasteiger partial charge in [-0.05, 0) is 91.0 Å². The first kappa shape index (κ1) is 20.2. The van der Waals surface area contributed by atoms with E-state index in [1.165, 1.54) is 80.9 Å². The van der Waals surface area contributed by atoms with Gasteiger partial charge in [-0.15, -0.1) is 0 Å². The summed E-state index contributed by atoms with van der Waals surface area (Å²) >= 11 is 0. The van der Waals surface area contributed by atoms with E-state index in [2.05, 4.69) is 37.3 Å². The molecule has 2 aromatic carbocycles. The van der Waals surface area contributed by atoms with Gasteiger partial charge in [0.25, 0.3) is 0 Å². The number of hydrogen-bond acceptors (Lipinski definition) is 1. The van der Waals surface area contributed by atoms with Gasteiger partial charge in [-0.1, -0.05) is 69.0 Å². The van der Waals surface area contributed by atoms with Gasteiger partial charge in [0.05, 0.1) is 11.6 Å². The maximum Gasteiger partial charge on any atom is 0.0991 e. The number of nitrogens with zero attached hydrogens (tertiary/aromatic N) is 1. The molecule has 0 atom stereocenters. The second-order valence-corrected chi connectivity index (χ2v) is 9.49. The Bertz CT molecular complexity index is 795. The molecule has 0 amide bonds. The summed E-state index contributed by atoms with van der Waals surface area (Å²) in [6, 6.07) is 19.3. The summed E-state index contributed by atoms with van der Waals surface area (Å²) in [7, 11) is 0. The second kappa shape index (κ2) is 9.62. The second-order valence-electron chi connectivity index (χ2n) is 9.49. The van der Waals surface area contributed by atoms with E-state index in [-0.39, 0.29) is 0 Å². The number of benzene rings is 2. The van der Waals surface area contributed by atoms with Crippen molar-refractivity contribution in [1.29, 1.82) is 5.26 Å². The van der Waals surface area contributed by atoms with Crippen LogP contribution in [0.1, 0.15) is 88.2 Å². The molecule has 0 radical (unpaired) electrons. The Hall–Kier alpha value is -2.07. The lowest BCUT2D eigenvalue weighted by Crippen LogP contribution is -2.25. The molecule has 0 N–H and O–H groups in total. The van der Waals surface area contributed by atoms with Crippen molar-refractivity contribution in [3.8, 4) is 17.2 Å². The van der Waals surface area contributed by atoms with Crippen LogP contribution in [0.2, 0.25) is 0 Å². The summed E-state index contributed by atoms with van der Waals surface area (Å²) in [4.78, 5) is 0. The third-order valence-corrected chi connectivity index (χ3v) is 7.76. The zero-order valence-electron chi connectivity index (χ0n) is 17.9. The van der Waals surface area contributed by atoms with Crippen LogP contribution in [-0.4, -0.2) is 0 Å². The predicted octanol–water partition coefficient (Wildman–Crippen LogP) is 8.11. The van der Waals surface area contributed by atoms with Crippen LogP contribution in [-0.2, 0) is 0 Å². The van der Waals surface area contributed by atoms with Gasteiger partial charge in [0, 0.05) is 0 Å². The Morgan fingerprint density at radius 1 is 0.724 bits per heavy atom. The maximum atomic E-state index is 8.96. The van der Waals surface area contributed by atoms with E-state index in [1.807, 2.05) is 24.3 Å². The van der Waals surface area contributed by atoms with Gasteiger partial charge < -0.3 is 0 Å². The summed E-state index contributed by atoms with van der Waals surface area (Å²) in [6.07, 6.45) is 14.4. The lowest BCUT2D eigenvalue weighted by atomic mass is 9.68. The van der Waals surface area contributed by atoms with E-state index in [0.29, 0.717) is 0 Å². The minimum Gasteiger partial charge on any atom is -0.192 e. The Labute approximate surface area is 177 Å². The van der Waals surface area contributed by atoms with Crippen molar-refractivity contribution < 1.29 is 0 Å². The molecule has 0 heterocycles. The van der Waals surface area contributed by atoms with E-state index in [9.17, 15) is 0 Å². The highest BCUT2D eigenvalue weighted by Crippen LogP contribution is 2.44. The van der Waals surface area contributed by atoms with Gasteiger partial charge in [-0.2, -0.15) is 5.26 Å². The average molecular weight is 386 g/mol. The van der Waals surface area contributed by atoms with Crippen LogP contribution in [0.3, 0.4) is 0 Å². The van der Waals surface area contributed by atoms with Crippen LogP contribution in [0.4, 0.5) is 0 Å². The topological polar surface area (TPSA) is 23.8 Å². The van der Waals surface area contributed by atoms with Crippen molar-refractivity contribution in [2.45, 2.75) is 77.0 Å². The van der Waals surface area contributed by atoms with E-state index in [0.717, 1.165) is 29.2 Å². The Balaban J connectivity index is 1.30. The molecule has 0 aliphatic heterocycles. The van der Waals surface area contributed by atoms with Gasteiger partial charge in [0.15, 0.2) is 0 Å². The molecule has 2 saturated carbocycles. The van der Waals surface area contributed by atoms with Crippen molar-refractivity contribution in [3.05, 3.63) is 59.7 Å². The molecule has 152 valence electrons.